The Balaban J connectivity index is 2.35. The average molecular weight is 313 g/mol. The van der Waals surface area contributed by atoms with Gasteiger partial charge in [-0.15, -0.1) is 0 Å². The molecule has 0 spiro atoms. The molecule has 0 saturated carbocycles. The smallest absolute Gasteiger partial charge is 0.244 e. The lowest BCUT2D eigenvalue weighted by Crippen LogP contribution is -2.40. The molecule has 0 radical (unpaired) electrons. The van der Waals surface area contributed by atoms with Crippen molar-refractivity contribution >= 4 is 27.9 Å². The molecule has 1 saturated heterocycles. The number of carbonyl (C=O) groups is 1. The summed E-state index contributed by atoms with van der Waals surface area (Å²) in [6, 6.07) is 5.98. The van der Waals surface area contributed by atoms with Gasteiger partial charge >= 0.3 is 0 Å². The number of nitrogens with zero attached hydrogens (tertiary/aromatic N) is 2. The summed E-state index contributed by atoms with van der Waals surface area (Å²) in [5, 5.41) is 8.79. The number of hydrogen-bond acceptors (Lipinski definition) is 4. The molecule has 1 heterocycles. The van der Waals surface area contributed by atoms with E-state index >= 15 is 0 Å². The average Bonchev–Trinajstić information content (AvgIpc) is 2.46. The molecule has 2 rings (SSSR count). The Kier molecular flexibility index (Phi) is 4.43. The van der Waals surface area contributed by atoms with Gasteiger partial charge < -0.3 is 4.79 Å². The van der Waals surface area contributed by atoms with Gasteiger partial charge in [0.1, 0.15) is 11.2 Å². The van der Waals surface area contributed by atoms with Gasteiger partial charge in [-0.3, -0.25) is 0 Å². The van der Waals surface area contributed by atoms with Gasteiger partial charge in [-0.1, -0.05) is 11.6 Å². The Bertz CT molecular complexity index is 667. The van der Waals surface area contributed by atoms with Crippen molar-refractivity contribution < 1.29 is 13.2 Å². The zero-order valence-corrected chi connectivity index (χ0v) is 12.2. The molecule has 1 unspecified atom stereocenters. The van der Waals surface area contributed by atoms with Crippen LogP contribution in [0.4, 0.5) is 0 Å². The summed E-state index contributed by atoms with van der Waals surface area (Å²) in [6.07, 6.45) is 2.15. The molecule has 1 aliphatic rings. The second kappa shape index (κ2) is 5.92. The van der Waals surface area contributed by atoms with Crippen molar-refractivity contribution in [2.45, 2.75) is 17.7 Å². The number of piperidine rings is 1. The zero-order chi connectivity index (χ0) is 14.8. The fraction of sp³-hybridized carbons (Fsp3) is 0.385. The third kappa shape index (κ3) is 2.85. The maximum atomic E-state index is 12.5. The molecule has 0 aliphatic carbocycles. The Morgan fingerprint density at radius 3 is 2.80 bits per heavy atom. The summed E-state index contributed by atoms with van der Waals surface area (Å²) < 4.78 is 26.3. The van der Waals surface area contributed by atoms with Crippen LogP contribution in [0.3, 0.4) is 0 Å². The highest BCUT2D eigenvalue weighted by molar-refractivity contribution is 7.89. The van der Waals surface area contributed by atoms with Gasteiger partial charge in [-0.2, -0.15) is 9.57 Å². The van der Waals surface area contributed by atoms with Crippen LogP contribution in [0.1, 0.15) is 18.4 Å². The van der Waals surface area contributed by atoms with Crippen molar-refractivity contribution in [3.63, 3.8) is 0 Å². The van der Waals surface area contributed by atoms with Crippen LogP contribution in [0, 0.1) is 17.2 Å². The molecule has 1 atom stereocenters. The first-order chi connectivity index (χ1) is 9.48. The van der Waals surface area contributed by atoms with E-state index in [1.54, 1.807) is 0 Å². The number of halogens is 1. The number of rotatable bonds is 3. The lowest BCUT2D eigenvalue weighted by atomic mass is 10.0. The number of nitriles is 1. The molecule has 0 amide bonds. The fourth-order valence-electron chi connectivity index (χ4n) is 2.22. The Morgan fingerprint density at radius 2 is 2.20 bits per heavy atom. The molecule has 0 aromatic heterocycles. The van der Waals surface area contributed by atoms with Gasteiger partial charge in [-0.25, -0.2) is 8.42 Å². The van der Waals surface area contributed by atoms with Crippen LogP contribution in [0.5, 0.6) is 0 Å². The first-order valence-corrected chi connectivity index (χ1v) is 7.96. The Morgan fingerprint density at radius 1 is 1.45 bits per heavy atom. The van der Waals surface area contributed by atoms with Gasteiger partial charge in [0.2, 0.25) is 10.0 Å². The van der Waals surface area contributed by atoms with E-state index < -0.39 is 10.0 Å². The lowest BCUT2D eigenvalue weighted by molar-refractivity contribution is -0.112. The van der Waals surface area contributed by atoms with Crippen molar-refractivity contribution in [3.05, 3.63) is 28.8 Å². The first kappa shape index (κ1) is 15.0. The van der Waals surface area contributed by atoms with Crippen LogP contribution in [-0.4, -0.2) is 32.1 Å². The molecule has 0 N–H and O–H groups in total. The van der Waals surface area contributed by atoms with Crippen LogP contribution in [0.25, 0.3) is 0 Å². The second-order valence-electron chi connectivity index (χ2n) is 4.66. The van der Waals surface area contributed by atoms with Crippen LogP contribution in [0.2, 0.25) is 5.02 Å². The van der Waals surface area contributed by atoms with Gasteiger partial charge in [-0.05, 0) is 31.0 Å². The monoisotopic (exact) mass is 312 g/mol. The Labute approximate surface area is 122 Å². The van der Waals surface area contributed by atoms with Crippen LogP contribution >= 0.6 is 11.6 Å². The van der Waals surface area contributed by atoms with E-state index in [0.29, 0.717) is 24.9 Å². The van der Waals surface area contributed by atoms with Crippen molar-refractivity contribution in [1.82, 2.24) is 4.31 Å². The minimum atomic E-state index is -3.73. The predicted octanol–water partition coefficient (Wildman–Crippen LogP) is 1.81. The van der Waals surface area contributed by atoms with Crippen LogP contribution < -0.4 is 0 Å². The quantitative estimate of drug-likeness (QED) is 0.797. The third-order valence-corrected chi connectivity index (χ3v) is 5.64. The molecule has 20 heavy (non-hydrogen) atoms. The van der Waals surface area contributed by atoms with Gasteiger partial charge in [0.25, 0.3) is 0 Å². The summed E-state index contributed by atoms with van der Waals surface area (Å²) in [7, 11) is -3.73. The van der Waals surface area contributed by atoms with E-state index in [4.69, 9.17) is 16.9 Å². The SMILES string of the molecule is N#Cc1ccc(S(=O)(=O)N2CCCC(C=O)C2)c(Cl)c1. The maximum absolute atomic E-state index is 12.5. The molecular formula is C13H13ClN2O3S. The second-order valence-corrected chi connectivity index (χ2v) is 6.97. The van der Waals surface area contributed by atoms with Gasteiger partial charge in [0.15, 0.2) is 0 Å². The zero-order valence-electron chi connectivity index (χ0n) is 10.6. The minimum absolute atomic E-state index is 0.0234. The van der Waals surface area contributed by atoms with E-state index in [1.807, 2.05) is 6.07 Å². The topological polar surface area (TPSA) is 78.2 Å². The highest BCUT2D eigenvalue weighted by Crippen LogP contribution is 2.28. The van der Waals surface area contributed by atoms with Crippen molar-refractivity contribution in [2.24, 2.45) is 5.92 Å². The summed E-state index contributed by atoms with van der Waals surface area (Å²) in [4.78, 5) is 10.8. The predicted molar refractivity (Wildman–Crippen MR) is 73.7 cm³/mol. The van der Waals surface area contributed by atoms with Crippen molar-refractivity contribution in [2.75, 3.05) is 13.1 Å². The number of carbonyl (C=O) groups excluding carboxylic acids is 1. The van der Waals surface area contributed by atoms with E-state index in [9.17, 15) is 13.2 Å². The molecule has 106 valence electrons. The van der Waals surface area contributed by atoms with Crippen molar-refractivity contribution in [3.8, 4) is 6.07 Å². The minimum Gasteiger partial charge on any atom is -0.303 e. The molecular weight excluding hydrogens is 300 g/mol. The molecule has 1 fully saturated rings. The largest absolute Gasteiger partial charge is 0.303 e. The lowest BCUT2D eigenvalue weighted by Gasteiger charge is -2.29. The summed E-state index contributed by atoms with van der Waals surface area (Å²) in [5.41, 5.74) is 0.304. The molecule has 1 aliphatic heterocycles. The van der Waals surface area contributed by atoms with E-state index in [2.05, 4.69) is 0 Å². The highest BCUT2D eigenvalue weighted by atomic mass is 35.5. The Hall–Kier alpha value is -1.42. The summed E-state index contributed by atoms with van der Waals surface area (Å²) in [6.45, 7) is 0.561. The molecule has 0 bridgehead atoms. The van der Waals surface area contributed by atoms with E-state index in [1.165, 1.54) is 22.5 Å². The maximum Gasteiger partial charge on any atom is 0.244 e. The summed E-state index contributed by atoms with van der Waals surface area (Å²) >= 11 is 5.96. The molecule has 7 heteroatoms. The van der Waals surface area contributed by atoms with E-state index in [-0.39, 0.29) is 22.4 Å². The number of hydrogen-bond donors (Lipinski definition) is 0. The summed E-state index contributed by atoms with van der Waals surface area (Å²) in [5.74, 6) is -0.268. The first-order valence-electron chi connectivity index (χ1n) is 6.14. The highest BCUT2D eigenvalue weighted by Gasteiger charge is 2.31. The molecule has 5 nitrogen and oxygen atoms in total. The van der Waals surface area contributed by atoms with Gasteiger partial charge in [0.05, 0.1) is 16.7 Å². The third-order valence-electron chi connectivity index (χ3n) is 3.29. The van der Waals surface area contributed by atoms with Crippen LogP contribution in [0.15, 0.2) is 23.1 Å². The molecule has 1 aromatic carbocycles. The van der Waals surface area contributed by atoms with Crippen molar-refractivity contribution in [1.29, 1.82) is 5.26 Å². The number of benzene rings is 1. The number of aldehydes is 1. The van der Waals surface area contributed by atoms with Gasteiger partial charge in [0, 0.05) is 19.0 Å². The fourth-order valence-corrected chi connectivity index (χ4v) is 4.28. The van der Waals surface area contributed by atoms with Crippen LogP contribution in [-0.2, 0) is 14.8 Å². The standard InChI is InChI=1S/C13H13ClN2O3S/c14-12-6-10(7-15)3-4-13(12)20(18,19)16-5-1-2-11(8-16)9-17/h3-4,6,9,11H,1-2,5,8H2. The normalized spacial score (nSPS) is 20.3. The number of sulfonamides is 1. The molecule has 1 aromatic rings. The van der Waals surface area contributed by atoms with E-state index in [0.717, 1.165) is 6.29 Å².